The molecule has 1 saturated heterocycles. The molecule has 33 heavy (non-hydrogen) atoms. The number of amides is 1. The van der Waals surface area contributed by atoms with Crippen LogP contribution in [0.5, 0.6) is 5.75 Å². The molecule has 4 rings (SSSR count). The lowest BCUT2D eigenvalue weighted by Gasteiger charge is -2.34. The Morgan fingerprint density at radius 3 is 2.12 bits per heavy atom. The first-order chi connectivity index (χ1) is 15.9. The molecule has 0 aliphatic carbocycles. The molecule has 1 aliphatic heterocycles. The molecule has 1 amide bonds. The molecule has 0 atom stereocenters. The normalized spacial score (nSPS) is 14.6. The van der Waals surface area contributed by atoms with Crippen LogP contribution in [0.4, 0.5) is 5.69 Å². The minimum atomic E-state index is -3.67. The highest BCUT2D eigenvalue weighted by atomic mass is 32.2. The van der Waals surface area contributed by atoms with Gasteiger partial charge in [0.1, 0.15) is 5.75 Å². The molecule has 0 saturated carbocycles. The molecule has 3 aromatic rings. The van der Waals surface area contributed by atoms with Crippen LogP contribution < -0.4 is 9.46 Å². The Bertz CT molecular complexity index is 1170. The standard InChI is InChI=1S/C25H27N3O4S/c1-32-23-11-13-24(14-12-23)33(30,31)26-22-9-7-20(8-10-22)19-27-15-17-28(18-16-27)25(29)21-5-3-2-4-6-21/h2-14,26H,15-19H2,1H3. The molecule has 0 bridgehead atoms. The topological polar surface area (TPSA) is 79.0 Å². The summed E-state index contributed by atoms with van der Waals surface area (Å²) in [5, 5.41) is 0. The van der Waals surface area contributed by atoms with E-state index in [0.717, 1.165) is 30.8 Å². The van der Waals surface area contributed by atoms with Gasteiger partial charge in [0.15, 0.2) is 0 Å². The van der Waals surface area contributed by atoms with Gasteiger partial charge < -0.3 is 9.64 Å². The number of hydrogen-bond acceptors (Lipinski definition) is 5. The number of hydrogen-bond donors (Lipinski definition) is 1. The maximum absolute atomic E-state index is 12.6. The second-order valence-corrected chi connectivity index (χ2v) is 9.59. The molecule has 1 fully saturated rings. The fourth-order valence-electron chi connectivity index (χ4n) is 3.78. The van der Waals surface area contributed by atoms with Crippen molar-refractivity contribution in [2.75, 3.05) is 38.0 Å². The van der Waals surface area contributed by atoms with E-state index in [1.54, 1.807) is 24.3 Å². The molecule has 1 heterocycles. The number of rotatable bonds is 7. The van der Waals surface area contributed by atoms with Crippen molar-refractivity contribution < 1.29 is 17.9 Å². The van der Waals surface area contributed by atoms with Gasteiger partial charge in [-0.3, -0.25) is 14.4 Å². The molecule has 0 spiro atoms. The molecule has 8 heteroatoms. The van der Waals surface area contributed by atoms with E-state index in [9.17, 15) is 13.2 Å². The molecule has 172 valence electrons. The van der Waals surface area contributed by atoms with Crippen molar-refractivity contribution in [2.24, 2.45) is 0 Å². The van der Waals surface area contributed by atoms with Gasteiger partial charge in [-0.2, -0.15) is 0 Å². The van der Waals surface area contributed by atoms with Crippen LogP contribution in [0.1, 0.15) is 15.9 Å². The molecule has 3 aromatic carbocycles. The van der Waals surface area contributed by atoms with E-state index in [2.05, 4.69) is 9.62 Å². The number of nitrogens with zero attached hydrogens (tertiary/aromatic N) is 2. The Balaban J connectivity index is 1.30. The number of methoxy groups -OCH3 is 1. The quantitative estimate of drug-likeness (QED) is 0.578. The monoisotopic (exact) mass is 465 g/mol. The predicted octanol–water partition coefficient (Wildman–Crippen LogP) is 3.45. The molecular weight excluding hydrogens is 438 g/mol. The van der Waals surface area contributed by atoms with Crippen LogP contribution in [0.15, 0.2) is 83.8 Å². The SMILES string of the molecule is COc1ccc(S(=O)(=O)Nc2ccc(CN3CCN(C(=O)c4ccccc4)CC3)cc2)cc1. The first kappa shape index (κ1) is 22.8. The van der Waals surface area contributed by atoms with Crippen molar-refractivity contribution in [1.29, 1.82) is 0 Å². The summed E-state index contributed by atoms with van der Waals surface area (Å²) in [6.07, 6.45) is 0. The number of benzene rings is 3. The van der Waals surface area contributed by atoms with Gasteiger partial charge in [-0.15, -0.1) is 0 Å². The van der Waals surface area contributed by atoms with Crippen molar-refractivity contribution >= 4 is 21.6 Å². The van der Waals surface area contributed by atoms with Gasteiger partial charge in [-0.1, -0.05) is 30.3 Å². The summed E-state index contributed by atoms with van der Waals surface area (Å²) >= 11 is 0. The Morgan fingerprint density at radius 1 is 0.879 bits per heavy atom. The van der Waals surface area contributed by atoms with E-state index in [1.165, 1.54) is 19.2 Å². The van der Waals surface area contributed by atoms with Crippen LogP contribution in [-0.4, -0.2) is 57.4 Å². The van der Waals surface area contributed by atoms with Gasteiger partial charge in [-0.25, -0.2) is 8.42 Å². The first-order valence-corrected chi connectivity index (χ1v) is 12.3. The van der Waals surface area contributed by atoms with Crippen molar-refractivity contribution in [3.63, 3.8) is 0 Å². The van der Waals surface area contributed by atoms with Crippen LogP contribution in [0.3, 0.4) is 0 Å². The Morgan fingerprint density at radius 2 is 1.52 bits per heavy atom. The van der Waals surface area contributed by atoms with Gasteiger partial charge in [0, 0.05) is 44.0 Å². The number of ether oxygens (including phenoxy) is 1. The van der Waals surface area contributed by atoms with Crippen LogP contribution in [0, 0.1) is 0 Å². The second-order valence-electron chi connectivity index (χ2n) is 7.91. The number of piperazine rings is 1. The third kappa shape index (κ3) is 5.71. The number of nitrogens with one attached hydrogen (secondary N) is 1. The summed E-state index contributed by atoms with van der Waals surface area (Å²) in [6, 6.07) is 23.0. The maximum Gasteiger partial charge on any atom is 0.261 e. The molecular formula is C25H27N3O4S. The fraction of sp³-hybridized carbons (Fsp3) is 0.240. The van der Waals surface area contributed by atoms with E-state index in [0.29, 0.717) is 24.5 Å². The lowest BCUT2D eigenvalue weighted by atomic mass is 10.1. The number of sulfonamides is 1. The summed E-state index contributed by atoms with van der Waals surface area (Å²) in [4.78, 5) is 17.0. The summed E-state index contributed by atoms with van der Waals surface area (Å²) in [5.74, 6) is 0.673. The van der Waals surface area contributed by atoms with Crippen molar-refractivity contribution in [3.8, 4) is 5.75 Å². The minimum absolute atomic E-state index is 0.0729. The Labute approximate surface area is 194 Å². The molecule has 0 radical (unpaired) electrons. The van der Waals surface area contributed by atoms with E-state index in [4.69, 9.17) is 4.74 Å². The third-order valence-electron chi connectivity index (χ3n) is 5.66. The average molecular weight is 466 g/mol. The van der Waals surface area contributed by atoms with E-state index in [1.807, 2.05) is 47.4 Å². The minimum Gasteiger partial charge on any atom is -0.497 e. The molecule has 1 N–H and O–H groups in total. The summed E-state index contributed by atoms with van der Waals surface area (Å²) in [5.41, 5.74) is 2.32. The third-order valence-corrected chi connectivity index (χ3v) is 7.06. The lowest BCUT2D eigenvalue weighted by molar-refractivity contribution is 0.0628. The van der Waals surface area contributed by atoms with E-state index in [-0.39, 0.29) is 10.8 Å². The van der Waals surface area contributed by atoms with Gasteiger partial charge in [-0.05, 0) is 54.1 Å². The van der Waals surface area contributed by atoms with Gasteiger partial charge >= 0.3 is 0 Å². The van der Waals surface area contributed by atoms with E-state index >= 15 is 0 Å². The largest absolute Gasteiger partial charge is 0.497 e. The lowest BCUT2D eigenvalue weighted by Crippen LogP contribution is -2.48. The molecule has 1 aliphatic rings. The van der Waals surface area contributed by atoms with Crippen molar-refractivity contribution in [2.45, 2.75) is 11.4 Å². The predicted molar refractivity (Wildman–Crippen MR) is 128 cm³/mol. The van der Waals surface area contributed by atoms with Gasteiger partial charge in [0.2, 0.25) is 0 Å². The van der Waals surface area contributed by atoms with Crippen LogP contribution in [0.25, 0.3) is 0 Å². The molecule has 7 nitrogen and oxygen atoms in total. The van der Waals surface area contributed by atoms with Crippen LogP contribution in [-0.2, 0) is 16.6 Å². The van der Waals surface area contributed by atoms with Gasteiger partial charge in [0.05, 0.1) is 12.0 Å². The van der Waals surface area contributed by atoms with Crippen molar-refractivity contribution in [1.82, 2.24) is 9.80 Å². The van der Waals surface area contributed by atoms with E-state index < -0.39 is 10.0 Å². The maximum atomic E-state index is 12.6. The highest BCUT2D eigenvalue weighted by Gasteiger charge is 2.22. The first-order valence-electron chi connectivity index (χ1n) is 10.8. The molecule has 0 unspecified atom stereocenters. The second kappa shape index (κ2) is 10.1. The highest BCUT2D eigenvalue weighted by molar-refractivity contribution is 7.92. The fourth-order valence-corrected chi connectivity index (χ4v) is 4.84. The average Bonchev–Trinajstić information content (AvgIpc) is 2.86. The Hall–Kier alpha value is -3.36. The van der Waals surface area contributed by atoms with Crippen LogP contribution >= 0.6 is 0 Å². The summed E-state index contributed by atoms with van der Waals surface area (Å²) < 4.78 is 32.9. The molecule has 0 aromatic heterocycles. The Kier molecular flexibility index (Phi) is 6.96. The summed E-state index contributed by atoms with van der Waals surface area (Å²) in [7, 11) is -2.13. The summed E-state index contributed by atoms with van der Waals surface area (Å²) in [6.45, 7) is 3.72. The van der Waals surface area contributed by atoms with Gasteiger partial charge in [0.25, 0.3) is 15.9 Å². The van der Waals surface area contributed by atoms with Crippen LogP contribution in [0.2, 0.25) is 0 Å². The zero-order valence-corrected chi connectivity index (χ0v) is 19.3. The highest BCUT2D eigenvalue weighted by Crippen LogP contribution is 2.20. The zero-order valence-electron chi connectivity index (χ0n) is 18.5. The number of carbonyl (C=O) groups excluding carboxylic acids is 1. The number of anilines is 1. The number of carbonyl (C=O) groups is 1. The zero-order chi connectivity index (χ0) is 23.3. The smallest absolute Gasteiger partial charge is 0.261 e. The van der Waals surface area contributed by atoms with Crippen molar-refractivity contribution in [3.05, 3.63) is 90.0 Å².